The van der Waals surface area contributed by atoms with Gasteiger partial charge in [0, 0.05) is 31.1 Å². The zero-order chi connectivity index (χ0) is 24.7. The van der Waals surface area contributed by atoms with Crippen LogP contribution in [0.25, 0.3) is 11.1 Å². The topological polar surface area (TPSA) is 79.2 Å². The maximum absolute atomic E-state index is 13.4. The lowest BCUT2D eigenvalue weighted by Crippen LogP contribution is -2.31. The summed E-state index contributed by atoms with van der Waals surface area (Å²) in [6.07, 6.45) is -2.02. The number of nitrogens with zero attached hydrogens (tertiary/aromatic N) is 1. The van der Waals surface area contributed by atoms with Gasteiger partial charge in [0.25, 0.3) is 0 Å². The minimum Gasteiger partial charge on any atom is -0.496 e. The lowest BCUT2D eigenvalue weighted by atomic mass is 9.96. The Bertz CT molecular complexity index is 1120. The summed E-state index contributed by atoms with van der Waals surface area (Å²) in [4.78, 5) is 14.2. The molecule has 0 heterocycles. The van der Waals surface area contributed by atoms with Crippen LogP contribution in [0.4, 0.5) is 13.6 Å². The standard InChI is InChI=1S/C26H27F2NO5/c1-3-29(26(32)34-16-18-11-21(27)14-22(28)12-18)15-20-8-5-9-23(33-2)25(20)19-7-4-6-17(10-19)13-24(30)31/h4-12,14,24,30-31H,3,13,15-16H2,1-2H3. The normalized spacial score (nSPS) is 10.9. The molecule has 0 aliphatic carbocycles. The highest BCUT2D eigenvalue weighted by Gasteiger charge is 2.19. The number of carbonyl (C=O) groups is 1. The van der Waals surface area contributed by atoms with Gasteiger partial charge in [-0.05, 0) is 47.4 Å². The molecule has 0 atom stereocenters. The molecule has 2 N–H and O–H groups in total. The first-order valence-corrected chi connectivity index (χ1v) is 10.8. The number of halogens is 2. The Labute approximate surface area is 197 Å². The van der Waals surface area contributed by atoms with Crippen molar-refractivity contribution in [3.8, 4) is 16.9 Å². The van der Waals surface area contributed by atoms with Crippen LogP contribution in [0.3, 0.4) is 0 Å². The van der Waals surface area contributed by atoms with Crippen LogP contribution in [-0.4, -0.2) is 41.2 Å². The second kappa shape index (κ2) is 11.6. The van der Waals surface area contributed by atoms with Crippen LogP contribution in [0, 0.1) is 11.6 Å². The first-order chi connectivity index (χ1) is 16.3. The van der Waals surface area contributed by atoms with Crippen LogP contribution >= 0.6 is 0 Å². The molecule has 3 aromatic rings. The number of hydrogen-bond donors (Lipinski definition) is 2. The summed E-state index contributed by atoms with van der Waals surface area (Å²) in [6, 6.07) is 15.8. The molecule has 34 heavy (non-hydrogen) atoms. The van der Waals surface area contributed by atoms with E-state index in [-0.39, 0.29) is 25.1 Å². The molecule has 0 aromatic heterocycles. The molecule has 3 aromatic carbocycles. The summed E-state index contributed by atoms with van der Waals surface area (Å²) in [5.74, 6) is -0.885. The number of hydrogen-bond acceptors (Lipinski definition) is 5. The van der Waals surface area contributed by atoms with E-state index < -0.39 is 24.0 Å². The Morgan fingerprint density at radius 1 is 1.00 bits per heavy atom. The van der Waals surface area contributed by atoms with Gasteiger partial charge in [-0.1, -0.05) is 36.4 Å². The molecule has 0 aliphatic heterocycles. The second-order valence-corrected chi connectivity index (χ2v) is 7.73. The lowest BCUT2D eigenvalue weighted by Gasteiger charge is -2.23. The fourth-order valence-corrected chi connectivity index (χ4v) is 3.71. The monoisotopic (exact) mass is 471 g/mol. The number of amides is 1. The quantitative estimate of drug-likeness (QED) is 0.444. The van der Waals surface area contributed by atoms with Gasteiger partial charge in [-0.2, -0.15) is 0 Å². The fraction of sp³-hybridized carbons (Fsp3) is 0.269. The van der Waals surface area contributed by atoms with Gasteiger partial charge in [0.15, 0.2) is 6.29 Å². The van der Waals surface area contributed by atoms with Crippen LogP contribution in [0.2, 0.25) is 0 Å². The highest BCUT2D eigenvalue weighted by atomic mass is 19.1. The Morgan fingerprint density at radius 3 is 2.35 bits per heavy atom. The van der Waals surface area contributed by atoms with E-state index in [1.54, 1.807) is 26.2 Å². The zero-order valence-electron chi connectivity index (χ0n) is 19.0. The van der Waals surface area contributed by atoms with E-state index in [4.69, 9.17) is 9.47 Å². The molecular weight excluding hydrogens is 444 g/mol. The smallest absolute Gasteiger partial charge is 0.410 e. The third-order valence-corrected chi connectivity index (χ3v) is 5.25. The molecule has 0 aliphatic rings. The average Bonchev–Trinajstić information content (AvgIpc) is 2.79. The van der Waals surface area contributed by atoms with E-state index in [0.29, 0.717) is 12.3 Å². The zero-order valence-corrected chi connectivity index (χ0v) is 19.0. The van der Waals surface area contributed by atoms with Gasteiger partial charge >= 0.3 is 6.09 Å². The molecule has 0 bridgehead atoms. The van der Waals surface area contributed by atoms with Crippen LogP contribution in [-0.2, 0) is 24.3 Å². The molecule has 6 nitrogen and oxygen atoms in total. The predicted octanol–water partition coefficient (Wildman–Crippen LogP) is 4.65. The Hall–Kier alpha value is -3.49. The number of ether oxygens (including phenoxy) is 2. The van der Waals surface area contributed by atoms with Gasteiger partial charge in [-0.3, -0.25) is 0 Å². The average molecular weight is 472 g/mol. The Morgan fingerprint density at radius 2 is 1.71 bits per heavy atom. The summed E-state index contributed by atoms with van der Waals surface area (Å²) in [6.45, 7) is 2.07. The highest BCUT2D eigenvalue weighted by molar-refractivity contribution is 5.75. The second-order valence-electron chi connectivity index (χ2n) is 7.73. The summed E-state index contributed by atoms with van der Waals surface area (Å²) < 4.78 is 37.7. The van der Waals surface area contributed by atoms with Gasteiger partial charge in [-0.15, -0.1) is 0 Å². The molecule has 8 heteroatoms. The maximum Gasteiger partial charge on any atom is 0.410 e. The van der Waals surface area contributed by atoms with Crippen molar-refractivity contribution in [2.45, 2.75) is 32.8 Å². The lowest BCUT2D eigenvalue weighted by molar-refractivity contribution is -0.0381. The molecule has 0 saturated heterocycles. The van der Waals surface area contributed by atoms with Crippen molar-refractivity contribution in [3.63, 3.8) is 0 Å². The van der Waals surface area contributed by atoms with Gasteiger partial charge in [0.2, 0.25) is 0 Å². The number of benzene rings is 3. The number of carbonyl (C=O) groups excluding carboxylic acids is 1. The molecule has 3 rings (SSSR count). The van der Waals surface area contributed by atoms with E-state index in [1.807, 2.05) is 30.3 Å². The van der Waals surface area contributed by atoms with Crippen LogP contribution in [0.5, 0.6) is 5.75 Å². The molecular formula is C26H27F2NO5. The largest absolute Gasteiger partial charge is 0.496 e. The Kier molecular flexibility index (Phi) is 8.56. The molecule has 0 unspecified atom stereocenters. The van der Waals surface area contributed by atoms with Crippen LogP contribution < -0.4 is 4.74 Å². The first kappa shape index (κ1) is 25.1. The van der Waals surface area contributed by atoms with E-state index in [0.717, 1.165) is 40.5 Å². The summed E-state index contributed by atoms with van der Waals surface area (Å²) in [5.41, 5.74) is 3.30. The van der Waals surface area contributed by atoms with Crippen molar-refractivity contribution in [2.24, 2.45) is 0 Å². The molecule has 0 saturated carbocycles. The van der Waals surface area contributed by atoms with Crippen molar-refractivity contribution >= 4 is 6.09 Å². The van der Waals surface area contributed by atoms with E-state index in [2.05, 4.69) is 0 Å². The third-order valence-electron chi connectivity index (χ3n) is 5.25. The highest BCUT2D eigenvalue weighted by Crippen LogP contribution is 2.35. The maximum atomic E-state index is 13.4. The van der Waals surface area contributed by atoms with E-state index >= 15 is 0 Å². The van der Waals surface area contributed by atoms with Gasteiger partial charge in [-0.25, -0.2) is 13.6 Å². The minimum atomic E-state index is -1.47. The van der Waals surface area contributed by atoms with Gasteiger partial charge in [0.05, 0.1) is 7.11 Å². The molecule has 0 spiro atoms. The summed E-state index contributed by atoms with van der Waals surface area (Å²) in [7, 11) is 1.55. The number of aliphatic hydroxyl groups is 2. The van der Waals surface area contributed by atoms with Crippen molar-refractivity contribution in [1.29, 1.82) is 0 Å². The van der Waals surface area contributed by atoms with Gasteiger partial charge < -0.3 is 24.6 Å². The minimum absolute atomic E-state index is 0.0758. The molecule has 180 valence electrons. The number of aliphatic hydroxyl groups excluding tert-OH is 1. The van der Waals surface area contributed by atoms with Crippen molar-refractivity contribution in [1.82, 2.24) is 4.90 Å². The fourth-order valence-electron chi connectivity index (χ4n) is 3.71. The van der Waals surface area contributed by atoms with Gasteiger partial charge in [0.1, 0.15) is 24.0 Å². The first-order valence-electron chi connectivity index (χ1n) is 10.8. The van der Waals surface area contributed by atoms with E-state index in [9.17, 15) is 23.8 Å². The SMILES string of the molecule is CCN(Cc1cccc(OC)c1-c1cccc(CC(O)O)c1)C(=O)OCc1cc(F)cc(F)c1. The number of methoxy groups -OCH3 is 1. The van der Waals surface area contributed by atoms with Crippen molar-refractivity contribution in [3.05, 3.63) is 89.0 Å². The predicted molar refractivity (Wildman–Crippen MR) is 123 cm³/mol. The van der Waals surface area contributed by atoms with E-state index in [1.165, 1.54) is 4.90 Å². The molecule has 0 radical (unpaired) electrons. The molecule has 0 fully saturated rings. The van der Waals surface area contributed by atoms with Crippen molar-refractivity contribution < 1.29 is 33.3 Å². The third kappa shape index (κ3) is 6.52. The number of rotatable bonds is 9. The van der Waals surface area contributed by atoms with Crippen LogP contribution in [0.1, 0.15) is 23.6 Å². The molecule has 1 amide bonds. The summed E-state index contributed by atoms with van der Waals surface area (Å²) in [5, 5.41) is 18.7. The summed E-state index contributed by atoms with van der Waals surface area (Å²) >= 11 is 0. The Balaban J connectivity index is 1.84. The van der Waals surface area contributed by atoms with Crippen molar-refractivity contribution in [2.75, 3.05) is 13.7 Å². The van der Waals surface area contributed by atoms with Crippen LogP contribution in [0.15, 0.2) is 60.7 Å².